The number of ketones is 1. The van der Waals surface area contributed by atoms with Crippen molar-refractivity contribution >= 4 is 11.8 Å². The van der Waals surface area contributed by atoms with Gasteiger partial charge in [-0.25, -0.2) is 4.79 Å². The summed E-state index contributed by atoms with van der Waals surface area (Å²) in [6.45, 7) is 7.92. The van der Waals surface area contributed by atoms with Gasteiger partial charge in [0.2, 0.25) is 0 Å². The number of rotatable bonds is 4. The van der Waals surface area contributed by atoms with E-state index in [4.69, 9.17) is 0 Å². The Bertz CT molecular complexity index is 210. The average molecular weight is 171 g/mol. The van der Waals surface area contributed by atoms with Gasteiger partial charge in [0.1, 0.15) is 5.78 Å². The third-order valence-corrected chi connectivity index (χ3v) is 1.29. The molecule has 1 N–H and O–H groups in total. The summed E-state index contributed by atoms with van der Waals surface area (Å²) in [5.74, 6) is -0.646. The lowest BCUT2D eigenvalue weighted by Crippen LogP contribution is -2.34. The van der Waals surface area contributed by atoms with E-state index in [1.165, 1.54) is 13.8 Å². The van der Waals surface area contributed by atoms with Crippen molar-refractivity contribution in [3.63, 3.8) is 0 Å². The van der Waals surface area contributed by atoms with Crippen LogP contribution in [0.15, 0.2) is 12.2 Å². The summed E-state index contributed by atoms with van der Waals surface area (Å²) in [5, 5.41) is 0. The van der Waals surface area contributed by atoms with Gasteiger partial charge >= 0.3 is 5.97 Å². The molecule has 0 saturated heterocycles. The van der Waals surface area contributed by atoms with Gasteiger partial charge in [0.05, 0.1) is 6.04 Å². The van der Waals surface area contributed by atoms with Crippen molar-refractivity contribution in [2.45, 2.75) is 26.8 Å². The maximum absolute atomic E-state index is 10.8. The van der Waals surface area contributed by atoms with Gasteiger partial charge in [-0.05, 0) is 20.8 Å². The summed E-state index contributed by atoms with van der Waals surface area (Å²) < 4.78 is 0. The van der Waals surface area contributed by atoms with E-state index in [-0.39, 0.29) is 5.78 Å². The van der Waals surface area contributed by atoms with Crippen LogP contribution in [-0.2, 0) is 14.4 Å². The van der Waals surface area contributed by atoms with E-state index in [1.54, 1.807) is 6.92 Å². The van der Waals surface area contributed by atoms with Crippen LogP contribution in [0.5, 0.6) is 0 Å². The minimum absolute atomic E-state index is 0.0930. The van der Waals surface area contributed by atoms with Crippen LogP contribution in [-0.4, -0.2) is 17.8 Å². The summed E-state index contributed by atoms with van der Waals surface area (Å²) in [6.07, 6.45) is 0. The van der Waals surface area contributed by atoms with Crippen molar-refractivity contribution in [2.75, 3.05) is 0 Å². The first-order valence-corrected chi connectivity index (χ1v) is 3.57. The summed E-state index contributed by atoms with van der Waals surface area (Å²) in [6, 6.07) is -0.478. The Morgan fingerprint density at radius 1 is 1.42 bits per heavy atom. The molecule has 1 atom stereocenters. The molecule has 68 valence electrons. The molecule has 0 aliphatic rings. The van der Waals surface area contributed by atoms with E-state index in [1.807, 2.05) is 0 Å². The molecule has 1 unspecified atom stereocenters. The highest BCUT2D eigenvalue weighted by Crippen LogP contribution is 1.91. The van der Waals surface area contributed by atoms with Gasteiger partial charge in [-0.2, -0.15) is 0 Å². The molecule has 0 saturated carbocycles. The number of Topliss-reactive ketones (excluding diaryl/α,β-unsaturated/α-hetero) is 1. The summed E-state index contributed by atoms with van der Waals surface area (Å²) >= 11 is 0. The standard InChI is InChI=1S/C8H13NO3/c1-5(2)8(11)12-9-6(3)7(4)10/h6,9H,1H2,2-4H3. The molecule has 0 radical (unpaired) electrons. The van der Waals surface area contributed by atoms with Crippen LogP contribution in [0.1, 0.15) is 20.8 Å². The molecule has 0 aromatic rings. The van der Waals surface area contributed by atoms with Crippen molar-refractivity contribution < 1.29 is 14.4 Å². The molecular weight excluding hydrogens is 158 g/mol. The molecule has 0 fully saturated rings. The van der Waals surface area contributed by atoms with Gasteiger partial charge in [0.25, 0.3) is 0 Å². The molecule has 0 spiro atoms. The lowest BCUT2D eigenvalue weighted by atomic mass is 10.3. The Morgan fingerprint density at radius 2 is 1.92 bits per heavy atom. The highest BCUT2D eigenvalue weighted by Gasteiger charge is 2.10. The second-order valence-electron chi connectivity index (χ2n) is 2.62. The smallest absolute Gasteiger partial charge is 0.351 e. The van der Waals surface area contributed by atoms with E-state index in [0.29, 0.717) is 5.57 Å². The molecule has 12 heavy (non-hydrogen) atoms. The molecule has 0 aromatic heterocycles. The van der Waals surface area contributed by atoms with Crippen LogP contribution >= 0.6 is 0 Å². The molecule has 4 nitrogen and oxygen atoms in total. The topological polar surface area (TPSA) is 55.4 Å². The number of carbonyl (C=O) groups excluding carboxylic acids is 2. The lowest BCUT2D eigenvalue weighted by Gasteiger charge is -2.09. The Morgan fingerprint density at radius 3 is 2.25 bits per heavy atom. The molecule has 0 aliphatic heterocycles. The van der Waals surface area contributed by atoms with Gasteiger partial charge in [0, 0.05) is 5.57 Å². The average Bonchev–Trinajstić information content (AvgIpc) is 1.98. The van der Waals surface area contributed by atoms with E-state index in [0.717, 1.165) is 0 Å². The van der Waals surface area contributed by atoms with Gasteiger partial charge < -0.3 is 4.84 Å². The maximum Gasteiger partial charge on any atom is 0.351 e. The number of nitrogens with one attached hydrogen (secondary N) is 1. The quantitative estimate of drug-likeness (QED) is 0.496. The van der Waals surface area contributed by atoms with Crippen LogP contribution in [0.3, 0.4) is 0 Å². The van der Waals surface area contributed by atoms with Crippen molar-refractivity contribution in [1.29, 1.82) is 0 Å². The fourth-order valence-electron chi connectivity index (χ4n) is 0.312. The fraction of sp³-hybridized carbons (Fsp3) is 0.500. The first-order chi connectivity index (χ1) is 5.45. The predicted molar refractivity (Wildman–Crippen MR) is 44.2 cm³/mol. The largest absolute Gasteiger partial charge is 0.366 e. The third kappa shape index (κ3) is 3.88. The lowest BCUT2D eigenvalue weighted by molar-refractivity contribution is -0.149. The highest BCUT2D eigenvalue weighted by atomic mass is 16.7. The Balaban J connectivity index is 3.76. The van der Waals surface area contributed by atoms with Crippen LogP contribution in [0.2, 0.25) is 0 Å². The molecule has 0 bridgehead atoms. The summed E-state index contributed by atoms with van der Waals surface area (Å²) in [7, 11) is 0. The number of hydrogen-bond acceptors (Lipinski definition) is 4. The Hall–Kier alpha value is -1.16. The van der Waals surface area contributed by atoms with Gasteiger partial charge in [-0.3, -0.25) is 4.79 Å². The van der Waals surface area contributed by atoms with Crippen LogP contribution in [0, 0.1) is 0 Å². The predicted octanol–water partition coefficient (Wildman–Crippen LogP) is 0.588. The molecular formula is C8H13NO3. The Labute approximate surface area is 71.5 Å². The molecule has 0 aromatic carbocycles. The minimum atomic E-state index is -0.553. The fourth-order valence-corrected chi connectivity index (χ4v) is 0.312. The van der Waals surface area contributed by atoms with Gasteiger partial charge in [-0.1, -0.05) is 6.58 Å². The number of carbonyl (C=O) groups is 2. The van der Waals surface area contributed by atoms with Crippen molar-refractivity contribution in [3.05, 3.63) is 12.2 Å². The number of hydrogen-bond donors (Lipinski definition) is 1. The molecule has 0 aliphatic carbocycles. The second kappa shape index (κ2) is 4.66. The first kappa shape index (κ1) is 10.8. The highest BCUT2D eigenvalue weighted by molar-refractivity contribution is 5.87. The first-order valence-electron chi connectivity index (χ1n) is 3.57. The van der Waals surface area contributed by atoms with E-state index < -0.39 is 12.0 Å². The van der Waals surface area contributed by atoms with E-state index in [9.17, 15) is 9.59 Å². The monoisotopic (exact) mass is 171 g/mol. The van der Waals surface area contributed by atoms with Crippen molar-refractivity contribution in [2.24, 2.45) is 0 Å². The van der Waals surface area contributed by atoms with Crippen molar-refractivity contribution in [1.82, 2.24) is 5.48 Å². The number of hydroxylamine groups is 1. The van der Waals surface area contributed by atoms with Gasteiger partial charge in [-0.15, -0.1) is 5.48 Å². The van der Waals surface area contributed by atoms with Crippen LogP contribution < -0.4 is 5.48 Å². The Kier molecular flexibility index (Phi) is 4.21. The zero-order valence-corrected chi connectivity index (χ0v) is 7.51. The minimum Gasteiger partial charge on any atom is -0.366 e. The molecule has 0 amide bonds. The summed E-state index contributed by atoms with van der Waals surface area (Å²) in [4.78, 5) is 25.9. The molecule has 4 heteroatoms. The third-order valence-electron chi connectivity index (χ3n) is 1.29. The zero-order chi connectivity index (χ0) is 9.72. The normalized spacial score (nSPS) is 11.9. The zero-order valence-electron chi connectivity index (χ0n) is 7.51. The van der Waals surface area contributed by atoms with Crippen LogP contribution in [0.4, 0.5) is 0 Å². The maximum atomic E-state index is 10.8. The van der Waals surface area contributed by atoms with E-state index in [2.05, 4.69) is 16.9 Å². The second-order valence-corrected chi connectivity index (χ2v) is 2.62. The van der Waals surface area contributed by atoms with Crippen LogP contribution in [0.25, 0.3) is 0 Å². The molecule has 0 rings (SSSR count). The summed E-state index contributed by atoms with van der Waals surface area (Å²) in [5.41, 5.74) is 2.59. The van der Waals surface area contributed by atoms with E-state index >= 15 is 0 Å². The van der Waals surface area contributed by atoms with Crippen molar-refractivity contribution in [3.8, 4) is 0 Å². The van der Waals surface area contributed by atoms with Gasteiger partial charge in [0.15, 0.2) is 0 Å². The molecule has 0 heterocycles. The SMILES string of the molecule is C=C(C)C(=O)ONC(C)C(C)=O.